The van der Waals surface area contributed by atoms with Gasteiger partial charge in [0.25, 0.3) is 0 Å². The molecule has 0 atom stereocenters. The van der Waals surface area contributed by atoms with Gasteiger partial charge >= 0.3 is 7.12 Å². The van der Waals surface area contributed by atoms with Crippen LogP contribution in [0.1, 0.15) is 0 Å². The summed E-state index contributed by atoms with van der Waals surface area (Å²) in [5.74, 6) is 0.886. The molecular formula is C32H37BN10O8S2. The molecule has 2 heterocycles. The Bertz CT molecular complexity index is 2340. The predicted octanol–water partition coefficient (Wildman–Crippen LogP) is 0.164. The molecule has 0 aliphatic carbocycles. The van der Waals surface area contributed by atoms with Crippen LogP contribution in [0.5, 0.6) is 0 Å². The van der Waals surface area contributed by atoms with Crippen molar-refractivity contribution >= 4 is 49.3 Å². The number of benzene rings is 4. The number of sulfone groups is 2. The second kappa shape index (κ2) is 18.3. The van der Waals surface area contributed by atoms with Crippen molar-refractivity contribution in [1.82, 2.24) is 40.4 Å². The van der Waals surface area contributed by atoms with E-state index >= 15 is 0 Å². The number of nitrogens with two attached hydrogens (primary N) is 1. The quantitative estimate of drug-likeness (QED) is 0.0758. The van der Waals surface area contributed by atoms with Gasteiger partial charge in [-0.25, -0.2) is 16.8 Å². The van der Waals surface area contributed by atoms with Crippen LogP contribution in [0.15, 0.2) is 107 Å². The van der Waals surface area contributed by atoms with Crippen LogP contribution in [0.2, 0.25) is 0 Å². The van der Waals surface area contributed by atoms with E-state index in [0.29, 0.717) is 29.6 Å². The second-order valence-corrected chi connectivity index (χ2v) is 15.2. The molecule has 21 heteroatoms. The Morgan fingerprint density at radius 3 is 1.74 bits per heavy atom. The lowest BCUT2D eigenvalue weighted by molar-refractivity contribution is 0.259. The molecule has 0 fully saturated rings. The summed E-state index contributed by atoms with van der Waals surface area (Å²) in [4.78, 5) is 2.97. The van der Waals surface area contributed by atoms with Crippen LogP contribution in [-0.2, 0) is 32.8 Å². The molecule has 278 valence electrons. The Morgan fingerprint density at radius 1 is 0.679 bits per heavy atom. The SMILES string of the molecule is CS(=O)(=O)c1cccc(B(O)O)c1.CS(=O)(=O)c1cccc(Nc2ccccc2-c2nnn(CCO)n2)c1.Nc1ccccc1-c1nnn(CCO)n1. The van der Waals surface area contributed by atoms with Crippen LogP contribution >= 0.6 is 0 Å². The van der Waals surface area contributed by atoms with Gasteiger partial charge < -0.3 is 31.3 Å². The Kier molecular flexibility index (Phi) is 13.9. The van der Waals surface area contributed by atoms with E-state index in [1.165, 1.54) is 40.1 Å². The van der Waals surface area contributed by atoms with Gasteiger partial charge in [-0.3, -0.25) is 0 Å². The molecule has 2 aromatic heterocycles. The lowest BCUT2D eigenvalue weighted by atomic mass is 9.80. The van der Waals surface area contributed by atoms with Gasteiger partial charge in [0, 0.05) is 40.7 Å². The maximum absolute atomic E-state index is 11.7. The zero-order chi connectivity index (χ0) is 38.6. The highest BCUT2D eigenvalue weighted by Crippen LogP contribution is 2.28. The van der Waals surface area contributed by atoms with Crippen LogP contribution < -0.4 is 16.5 Å². The first-order valence-electron chi connectivity index (χ1n) is 15.6. The third kappa shape index (κ3) is 11.7. The van der Waals surface area contributed by atoms with E-state index < -0.39 is 26.8 Å². The fraction of sp³-hybridized carbons (Fsp3) is 0.188. The fourth-order valence-electron chi connectivity index (χ4n) is 4.42. The average molecular weight is 765 g/mol. The molecule has 7 N–H and O–H groups in total. The van der Waals surface area contributed by atoms with Gasteiger partial charge in [0.2, 0.25) is 11.6 Å². The van der Waals surface area contributed by atoms with Crippen molar-refractivity contribution in [2.45, 2.75) is 22.9 Å². The number of aliphatic hydroxyl groups is 2. The maximum atomic E-state index is 11.7. The molecule has 0 unspecified atom stereocenters. The first kappa shape index (κ1) is 40.2. The summed E-state index contributed by atoms with van der Waals surface area (Å²) in [6, 6.07) is 26.8. The zero-order valence-electron chi connectivity index (χ0n) is 28.5. The van der Waals surface area contributed by atoms with Crippen molar-refractivity contribution < 1.29 is 37.1 Å². The molecule has 6 rings (SSSR count). The monoisotopic (exact) mass is 764 g/mol. The lowest BCUT2D eigenvalue weighted by Crippen LogP contribution is -2.30. The molecule has 0 bridgehead atoms. The number of aromatic nitrogens is 8. The van der Waals surface area contributed by atoms with E-state index in [9.17, 15) is 16.8 Å². The van der Waals surface area contributed by atoms with Crippen molar-refractivity contribution in [3.63, 3.8) is 0 Å². The third-order valence-electron chi connectivity index (χ3n) is 7.00. The van der Waals surface area contributed by atoms with Gasteiger partial charge in [0.05, 0.1) is 36.1 Å². The number of nitrogens with one attached hydrogen (secondary N) is 1. The average Bonchev–Trinajstić information content (AvgIpc) is 3.79. The van der Waals surface area contributed by atoms with Crippen molar-refractivity contribution in [3.05, 3.63) is 97.1 Å². The van der Waals surface area contributed by atoms with E-state index in [1.54, 1.807) is 30.3 Å². The summed E-state index contributed by atoms with van der Waals surface area (Å²) in [6.07, 6.45) is 2.24. The van der Waals surface area contributed by atoms with Crippen molar-refractivity contribution in [2.24, 2.45) is 0 Å². The predicted molar refractivity (Wildman–Crippen MR) is 197 cm³/mol. The van der Waals surface area contributed by atoms with Crippen molar-refractivity contribution in [2.75, 3.05) is 36.8 Å². The normalized spacial score (nSPS) is 11.1. The minimum absolute atomic E-state index is 0.0138. The number of nitrogen functional groups attached to an aromatic ring is 1. The van der Waals surface area contributed by atoms with Crippen LogP contribution in [0, 0.1) is 0 Å². The molecule has 4 aromatic carbocycles. The number of rotatable bonds is 11. The number of hydrogen-bond acceptors (Lipinski definition) is 16. The van der Waals surface area contributed by atoms with E-state index in [4.69, 9.17) is 26.0 Å². The molecule has 0 spiro atoms. The van der Waals surface area contributed by atoms with Gasteiger partial charge in [-0.05, 0) is 70.5 Å². The highest BCUT2D eigenvalue weighted by Gasteiger charge is 2.15. The number of anilines is 3. The molecule has 0 aliphatic rings. The summed E-state index contributed by atoms with van der Waals surface area (Å²) < 4.78 is 45.5. The highest BCUT2D eigenvalue weighted by atomic mass is 32.2. The van der Waals surface area contributed by atoms with E-state index in [-0.39, 0.29) is 35.0 Å². The Balaban J connectivity index is 0.000000192. The number of tetrazole rings is 2. The second-order valence-electron chi connectivity index (χ2n) is 11.1. The van der Waals surface area contributed by atoms with Gasteiger partial charge in [0.1, 0.15) is 0 Å². The molecule has 0 aliphatic heterocycles. The van der Waals surface area contributed by atoms with Crippen LogP contribution in [0.3, 0.4) is 0 Å². The molecule has 0 saturated heterocycles. The highest BCUT2D eigenvalue weighted by molar-refractivity contribution is 7.91. The molecular weight excluding hydrogens is 727 g/mol. The van der Waals surface area contributed by atoms with Gasteiger partial charge in [0.15, 0.2) is 19.7 Å². The van der Waals surface area contributed by atoms with E-state index in [0.717, 1.165) is 23.1 Å². The number of hydrogen-bond donors (Lipinski definition) is 6. The van der Waals surface area contributed by atoms with E-state index in [2.05, 4.69) is 36.1 Å². The van der Waals surface area contributed by atoms with Gasteiger partial charge in [-0.15, -0.1) is 20.4 Å². The first-order valence-corrected chi connectivity index (χ1v) is 19.4. The minimum Gasteiger partial charge on any atom is -0.423 e. The van der Waals surface area contributed by atoms with Crippen LogP contribution in [0.25, 0.3) is 22.8 Å². The van der Waals surface area contributed by atoms with Gasteiger partial charge in [-0.2, -0.15) is 9.59 Å². The van der Waals surface area contributed by atoms with Gasteiger partial charge in [-0.1, -0.05) is 42.5 Å². The zero-order valence-corrected chi connectivity index (χ0v) is 30.2. The lowest BCUT2D eigenvalue weighted by Gasteiger charge is -2.10. The smallest absolute Gasteiger partial charge is 0.423 e. The van der Waals surface area contributed by atoms with Crippen molar-refractivity contribution in [3.8, 4) is 22.8 Å². The summed E-state index contributed by atoms with van der Waals surface area (Å²) in [5, 5.41) is 62.2. The number of aliphatic hydroxyl groups excluding tert-OH is 2. The molecule has 18 nitrogen and oxygen atoms in total. The topological polar surface area (TPSA) is 274 Å². The largest absolute Gasteiger partial charge is 0.488 e. The maximum Gasteiger partial charge on any atom is 0.488 e. The first-order chi connectivity index (χ1) is 25.2. The Morgan fingerprint density at radius 2 is 1.19 bits per heavy atom. The standard InChI is InChI=1S/C16H17N5O3S.C9H11N5O.C7H9BO4S/c1-25(23,24)13-6-4-5-12(11-13)17-15-8-3-2-7-14(15)16-18-20-21(19-16)9-10-22;10-8-4-2-1-3-7(8)9-11-13-14(12-9)5-6-15;1-13(11,12)7-4-2-3-6(5-7)8(9)10/h2-8,11,17,22H,9-10H2,1H3;1-4,15H,5-6,10H2;2-5,9-10H,1H3. The fourth-order valence-corrected chi connectivity index (χ4v) is 5.77. The molecule has 0 saturated carbocycles. The summed E-state index contributed by atoms with van der Waals surface area (Å²) in [7, 11) is -8.20. The molecule has 0 radical (unpaired) electrons. The molecule has 53 heavy (non-hydrogen) atoms. The van der Waals surface area contributed by atoms with Crippen LogP contribution in [-0.4, -0.2) is 110 Å². The minimum atomic E-state index is -3.28. The summed E-state index contributed by atoms with van der Waals surface area (Å²) in [6.45, 7) is 0.507. The summed E-state index contributed by atoms with van der Waals surface area (Å²) >= 11 is 0. The van der Waals surface area contributed by atoms with Crippen LogP contribution in [0.4, 0.5) is 17.1 Å². The summed E-state index contributed by atoms with van der Waals surface area (Å²) in [5.41, 5.74) is 9.38. The Labute approximate surface area is 305 Å². The molecule has 6 aromatic rings. The Hall–Kier alpha value is -5.58. The molecule has 0 amide bonds. The number of para-hydroxylation sites is 2. The van der Waals surface area contributed by atoms with E-state index in [1.807, 2.05) is 42.5 Å². The third-order valence-corrected chi connectivity index (χ3v) is 9.22. The van der Waals surface area contributed by atoms with Crippen molar-refractivity contribution in [1.29, 1.82) is 0 Å². The number of nitrogens with zero attached hydrogens (tertiary/aromatic N) is 8.